The summed E-state index contributed by atoms with van der Waals surface area (Å²) in [6.07, 6.45) is 1.97. The molecule has 0 fully saturated rings. The third kappa shape index (κ3) is 3.97. The van der Waals surface area contributed by atoms with Gasteiger partial charge in [-0.2, -0.15) is 0 Å². The lowest BCUT2D eigenvalue weighted by molar-refractivity contribution is -0.124. The Morgan fingerprint density at radius 1 is 1.19 bits per heavy atom. The van der Waals surface area contributed by atoms with Crippen LogP contribution in [-0.2, 0) is 11.3 Å². The van der Waals surface area contributed by atoms with Gasteiger partial charge in [0.05, 0.1) is 7.11 Å². The molecule has 1 unspecified atom stereocenters. The van der Waals surface area contributed by atoms with Crippen LogP contribution < -0.4 is 10.1 Å². The van der Waals surface area contributed by atoms with Crippen LogP contribution in [0.15, 0.2) is 36.4 Å². The molecule has 1 amide bonds. The zero-order valence-corrected chi connectivity index (χ0v) is 13.0. The minimum absolute atomic E-state index is 0.0831. The number of nitrogens with one attached hydrogen (secondary N) is 1. The molecule has 0 saturated heterocycles. The summed E-state index contributed by atoms with van der Waals surface area (Å²) in [4.78, 5) is 11.9. The molecule has 21 heavy (non-hydrogen) atoms. The largest absolute Gasteiger partial charge is 0.497 e. The van der Waals surface area contributed by atoms with Gasteiger partial charge in [-0.25, -0.2) is 0 Å². The summed E-state index contributed by atoms with van der Waals surface area (Å²) in [7, 11) is 1.67. The van der Waals surface area contributed by atoms with Crippen molar-refractivity contribution >= 4 is 16.7 Å². The summed E-state index contributed by atoms with van der Waals surface area (Å²) in [5, 5.41) is 5.31. The summed E-state index contributed by atoms with van der Waals surface area (Å²) in [5.74, 6) is 1.07. The van der Waals surface area contributed by atoms with Crippen molar-refractivity contribution in [3.63, 3.8) is 0 Å². The maximum atomic E-state index is 11.9. The maximum absolute atomic E-state index is 11.9. The van der Waals surface area contributed by atoms with Crippen LogP contribution in [0.25, 0.3) is 10.8 Å². The molecular formula is C18H23NO2. The van der Waals surface area contributed by atoms with Gasteiger partial charge in [0.25, 0.3) is 0 Å². The van der Waals surface area contributed by atoms with E-state index in [1.807, 2.05) is 31.2 Å². The van der Waals surface area contributed by atoms with E-state index < -0.39 is 0 Å². The number of benzene rings is 2. The van der Waals surface area contributed by atoms with Gasteiger partial charge in [0.1, 0.15) is 5.75 Å². The lowest BCUT2D eigenvalue weighted by Crippen LogP contribution is -2.28. The van der Waals surface area contributed by atoms with Crippen molar-refractivity contribution in [1.82, 2.24) is 5.32 Å². The number of amides is 1. The molecule has 1 atom stereocenters. The molecular weight excluding hydrogens is 262 g/mol. The smallest absolute Gasteiger partial charge is 0.223 e. The standard InChI is InChI=1S/C18H23NO2/c1-4-5-13(2)18(20)19-12-14-6-7-16-11-17(21-3)9-8-15(16)10-14/h6-11,13H,4-5,12H2,1-3H3,(H,19,20). The highest BCUT2D eigenvalue weighted by Crippen LogP contribution is 2.21. The molecule has 2 aromatic rings. The van der Waals surface area contributed by atoms with E-state index in [0.717, 1.165) is 34.9 Å². The average molecular weight is 285 g/mol. The molecule has 2 aromatic carbocycles. The summed E-state index contributed by atoms with van der Waals surface area (Å²) < 4.78 is 5.22. The van der Waals surface area contributed by atoms with Crippen molar-refractivity contribution < 1.29 is 9.53 Å². The summed E-state index contributed by atoms with van der Waals surface area (Å²) in [5.41, 5.74) is 1.12. The van der Waals surface area contributed by atoms with Gasteiger partial charge in [0.15, 0.2) is 0 Å². The van der Waals surface area contributed by atoms with Crippen molar-refractivity contribution in [2.24, 2.45) is 5.92 Å². The number of rotatable bonds is 6. The Kier molecular flexibility index (Phi) is 5.20. The number of fused-ring (bicyclic) bond motifs is 1. The minimum atomic E-state index is 0.0831. The molecule has 0 aromatic heterocycles. The van der Waals surface area contributed by atoms with E-state index >= 15 is 0 Å². The van der Waals surface area contributed by atoms with Gasteiger partial charge in [0, 0.05) is 12.5 Å². The van der Waals surface area contributed by atoms with Gasteiger partial charge < -0.3 is 10.1 Å². The molecule has 2 rings (SSSR count). The molecule has 0 spiro atoms. The highest BCUT2D eigenvalue weighted by molar-refractivity contribution is 5.84. The van der Waals surface area contributed by atoms with Crippen LogP contribution >= 0.6 is 0 Å². The highest BCUT2D eigenvalue weighted by atomic mass is 16.5. The normalized spacial score (nSPS) is 12.1. The lowest BCUT2D eigenvalue weighted by Gasteiger charge is -2.11. The monoisotopic (exact) mass is 285 g/mol. The van der Waals surface area contributed by atoms with E-state index in [9.17, 15) is 4.79 Å². The molecule has 0 heterocycles. The van der Waals surface area contributed by atoms with E-state index in [1.165, 1.54) is 0 Å². The fraction of sp³-hybridized carbons (Fsp3) is 0.389. The van der Waals surface area contributed by atoms with Crippen LogP contribution in [0.1, 0.15) is 32.3 Å². The predicted molar refractivity (Wildman–Crippen MR) is 86.4 cm³/mol. The first-order valence-corrected chi connectivity index (χ1v) is 7.48. The summed E-state index contributed by atoms with van der Waals surface area (Å²) in [6.45, 7) is 4.65. The Labute approximate surface area is 126 Å². The van der Waals surface area contributed by atoms with E-state index in [-0.39, 0.29) is 11.8 Å². The molecule has 0 bridgehead atoms. The Hall–Kier alpha value is -2.03. The number of hydrogen-bond acceptors (Lipinski definition) is 2. The Morgan fingerprint density at radius 2 is 1.90 bits per heavy atom. The molecule has 0 radical (unpaired) electrons. The third-order valence-corrected chi connectivity index (χ3v) is 3.75. The van der Waals surface area contributed by atoms with Crippen LogP contribution in [0.5, 0.6) is 5.75 Å². The third-order valence-electron chi connectivity index (χ3n) is 3.75. The van der Waals surface area contributed by atoms with Gasteiger partial charge in [-0.05, 0) is 41.0 Å². The Bertz CT molecular complexity index is 622. The molecule has 0 aliphatic rings. The average Bonchev–Trinajstić information content (AvgIpc) is 2.52. The van der Waals surface area contributed by atoms with Gasteiger partial charge in [-0.3, -0.25) is 4.79 Å². The number of hydrogen-bond donors (Lipinski definition) is 1. The van der Waals surface area contributed by atoms with Crippen molar-refractivity contribution in [3.8, 4) is 5.75 Å². The molecule has 0 saturated carbocycles. The first-order valence-electron chi connectivity index (χ1n) is 7.48. The predicted octanol–water partition coefficient (Wildman–Crippen LogP) is 3.90. The van der Waals surface area contributed by atoms with Crippen LogP contribution in [-0.4, -0.2) is 13.0 Å². The van der Waals surface area contributed by atoms with Crippen molar-refractivity contribution in [3.05, 3.63) is 42.0 Å². The highest BCUT2D eigenvalue weighted by Gasteiger charge is 2.10. The van der Waals surface area contributed by atoms with Gasteiger partial charge in [0.2, 0.25) is 5.91 Å². The Balaban J connectivity index is 2.04. The summed E-state index contributed by atoms with van der Waals surface area (Å²) >= 11 is 0. The fourth-order valence-corrected chi connectivity index (χ4v) is 2.44. The Morgan fingerprint density at radius 3 is 2.62 bits per heavy atom. The molecule has 3 nitrogen and oxygen atoms in total. The SMILES string of the molecule is CCCC(C)C(=O)NCc1ccc2cc(OC)ccc2c1. The first kappa shape index (κ1) is 15.4. The van der Waals surface area contributed by atoms with E-state index in [1.54, 1.807) is 7.11 Å². The van der Waals surface area contributed by atoms with Gasteiger partial charge in [-0.1, -0.05) is 38.5 Å². The number of carbonyl (C=O) groups excluding carboxylic acids is 1. The van der Waals surface area contributed by atoms with Crippen molar-refractivity contribution in [1.29, 1.82) is 0 Å². The van der Waals surface area contributed by atoms with Crippen LogP contribution in [0, 0.1) is 5.92 Å². The molecule has 0 aliphatic carbocycles. The van der Waals surface area contributed by atoms with Gasteiger partial charge >= 0.3 is 0 Å². The zero-order valence-electron chi connectivity index (χ0n) is 13.0. The quantitative estimate of drug-likeness (QED) is 0.874. The first-order chi connectivity index (χ1) is 10.1. The minimum Gasteiger partial charge on any atom is -0.497 e. The lowest BCUT2D eigenvalue weighted by atomic mass is 10.0. The van der Waals surface area contributed by atoms with Crippen LogP contribution in [0.4, 0.5) is 0 Å². The van der Waals surface area contributed by atoms with Crippen molar-refractivity contribution in [2.45, 2.75) is 33.2 Å². The second-order valence-electron chi connectivity index (χ2n) is 5.45. The summed E-state index contributed by atoms with van der Waals surface area (Å²) in [6, 6.07) is 12.2. The van der Waals surface area contributed by atoms with Gasteiger partial charge in [-0.15, -0.1) is 0 Å². The molecule has 1 N–H and O–H groups in total. The molecule has 3 heteroatoms. The van der Waals surface area contributed by atoms with Crippen LogP contribution in [0.2, 0.25) is 0 Å². The molecule has 112 valence electrons. The number of ether oxygens (including phenoxy) is 1. The van der Waals surface area contributed by atoms with Crippen LogP contribution in [0.3, 0.4) is 0 Å². The fourth-order valence-electron chi connectivity index (χ4n) is 2.44. The zero-order chi connectivity index (χ0) is 15.2. The van der Waals surface area contributed by atoms with E-state index in [0.29, 0.717) is 6.54 Å². The number of carbonyl (C=O) groups is 1. The number of methoxy groups -OCH3 is 1. The second kappa shape index (κ2) is 7.11. The second-order valence-corrected chi connectivity index (χ2v) is 5.45. The maximum Gasteiger partial charge on any atom is 0.223 e. The van der Waals surface area contributed by atoms with E-state index in [4.69, 9.17) is 4.74 Å². The van der Waals surface area contributed by atoms with E-state index in [2.05, 4.69) is 24.4 Å². The topological polar surface area (TPSA) is 38.3 Å². The molecule has 0 aliphatic heterocycles. The van der Waals surface area contributed by atoms with Crippen molar-refractivity contribution in [2.75, 3.05) is 7.11 Å².